The number of aromatic nitrogens is 2. The van der Waals surface area contributed by atoms with Crippen molar-refractivity contribution in [2.75, 3.05) is 31.1 Å². The van der Waals surface area contributed by atoms with E-state index < -0.39 is 0 Å². The first-order valence-corrected chi connectivity index (χ1v) is 9.42. The van der Waals surface area contributed by atoms with Crippen molar-refractivity contribution in [1.29, 1.82) is 0 Å². The van der Waals surface area contributed by atoms with Gasteiger partial charge in [-0.05, 0) is 23.8 Å². The number of nitrogens with zero attached hydrogens (tertiary/aromatic N) is 4. The summed E-state index contributed by atoms with van der Waals surface area (Å²) in [4.78, 5) is 29.1. The Morgan fingerprint density at radius 3 is 2.14 bits per heavy atom. The Labute approximate surface area is 163 Å². The van der Waals surface area contributed by atoms with E-state index in [-0.39, 0.29) is 11.5 Å². The van der Waals surface area contributed by atoms with Crippen LogP contribution in [0.15, 0.2) is 77.6 Å². The average Bonchev–Trinajstić information content (AvgIpc) is 2.76. The lowest BCUT2D eigenvalue weighted by Gasteiger charge is -2.36. The summed E-state index contributed by atoms with van der Waals surface area (Å²) >= 11 is 0. The molecule has 6 nitrogen and oxygen atoms in total. The predicted octanol–water partition coefficient (Wildman–Crippen LogP) is 2.25. The van der Waals surface area contributed by atoms with Crippen molar-refractivity contribution in [1.82, 2.24) is 14.7 Å². The van der Waals surface area contributed by atoms with Gasteiger partial charge >= 0.3 is 0 Å². The maximum atomic E-state index is 12.9. The molecule has 0 radical (unpaired) electrons. The first kappa shape index (κ1) is 18.0. The summed E-state index contributed by atoms with van der Waals surface area (Å²) in [5, 5.41) is 4.32. The van der Waals surface area contributed by atoms with Crippen molar-refractivity contribution < 1.29 is 4.79 Å². The second-order valence-corrected chi connectivity index (χ2v) is 6.81. The molecule has 0 saturated carbocycles. The van der Waals surface area contributed by atoms with Crippen LogP contribution in [0.4, 0.5) is 5.69 Å². The van der Waals surface area contributed by atoms with Gasteiger partial charge in [0.15, 0.2) is 0 Å². The zero-order valence-electron chi connectivity index (χ0n) is 15.6. The van der Waals surface area contributed by atoms with E-state index in [1.807, 2.05) is 48.5 Å². The van der Waals surface area contributed by atoms with Gasteiger partial charge in [0.05, 0.1) is 6.54 Å². The van der Waals surface area contributed by atoms with E-state index in [4.69, 9.17) is 0 Å². The van der Waals surface area contributed by atoms with Gasteiger partial charge in [-0.2, -0.15) is 5.10 Å². The average molecular weight is 374 g/mol. The standard InChI is InChI=1S/C22H22N4O2/c27-21-12-11-20(23-26(21)17-18-7-3-1-4-8-18)22(28)25-15-13-24(14-16-25)19-9-5-2-6-10-19/h1-12H,13-17H2. The quantitative estimate of drug-likeness (QED) is 0.703. The van der Waals surface area contributed by atoms with Crippen LogP contribution in [0.2, 0.25) is 0 Å². The predicted molar refractivity (Wildman–Crippen MR) is 109 cm³/mol. The van der Waals surface area contributed by atoms with Crippen molar-refractivity contribution in [3.63, 3.8) is 0 Å². The molecular weight excluding hydrogens is 352 g/mol. The number of carbonyl (C=O) groups excluding carboxylic acids is 1. The third-order valence-electron chi connectivity index (χ3n) is 4.95. The largest absolute Gasteiger partial charge is 0.368 e. The lowest BCUT2D eigenvalue weighted by molar-refractivity contribution is 0.0738. The Hall–Kier alpha value is -3.41. The summed E-state index contributed by atoms with van der Waals surface area (Å²) in [7, 11) is 0. The monoisotopic (exact) mass is 374 g/mol. The van der Waals surface area contributed by atoms with Crippen LogP contribution in [0.1, 0.15) is 16.1 Å². The normalized spacial score (nSPS) is 14.1. The summed E-state index contributed by atoms with van der Waals surface area (Å²) < 4.78 is 1.35. The fourth-order valence-corrected chi connectivity index (χ4v) is 3.40. The molecule has 142 valence electrons. The minimum Gasteiger partial charge on any atom is -0.368 e. The number of anilines is 1. The van der Waals surface area contributed by atoms with Crippen molar-refractivity contribution in [2.24, 2.45) is 0 Å². The van der Waals surface area contributed by atoms with Crippen LogP contribution in [0.3, 0.4) is 0 Å². The highest BCUT2D eigenvalue weighted by Crippen LogP contribution is 2.16. The topological polar surface area (TPSA) is 58.4 Å². The molecule has 0 aliphatic carbocycles. The molecule has 28 heavy (non-hydrogen) atoms. The zero-order valence-corrected chi connectivity index (χ0v) is 15.6. The van der Waals surface area contributed by atoms with E-state index in [1.54, 1.807) is 4.90 Å². The molecule has 4 rings (SSSR count). The minimum absolute atomic E-state index is 0.130. The molecule has 1 amide bonds. The molecule has 0 atom stereocenters. The molecule has 0 bridgehead atoms. The Balaban J connectivity index is 1.45. The molecule has 3 aromatic rings. The third kappa shape index (κ3) is 3.96. The van der Waals surface area contributed by atoms with Gasteiger partial charge < -0.3 is 9.80 Å². The second-order valence-electron chi connectivity index (χ2n) is 6.81. The van der Waals surface area contributed by atoms with Gasteiger partial charge in [-0.1, -0.05) is 48.5 Å². The molecule has 0 unspecified atom stereocenters. The Bertz CT molecular complexity index is 994. The van der Waals surface area contributed by atoms with Gasteiger partial charge in [-0.3, -0.25) is 9.59 Å². The van der Waals surface area contributed by atoms with Crippen molar-refractivity contribution in [3.8, 4) is 0 Å². The maximum absolute atomic E-state index is 12.9. The van der Waals surface area contributed by atoms with E-state index >= 15 is 0 Å². The highest BCUT2D eigenvalue weighted by molar-refractivity contribution is 5.92. The van der Waals surface area contributed by atoms with Crippen LogP contribution in [0.5, 0.6) is 0 Å². The first-order chi connectivity index (χ1) is 13.7. The van der Waals surface area contributed by atoms with Gasteiger partial charge in [0.2, 0.25) is 0 Å². The fraction of sp³-hybridized carbons (Fsp3) is 0.227. The lowest BCUT2D eigenvalue weighted by Crippen LogP contribution is -2.49. The minimum atomic E-state index is -0.214. The number of piperazine rings is 1. The fourth-order valence-electron chi connectivity index (χ4n) is 3.40. The van der Waals surface area contributed by atoms with E-state index in [9.17, 15) is 9.59 Å². The molecule has 1 aliphatic rings. The first-order valence-electron chi connectivity index (χ1n) is 9.42. The van der Waals surface area contributed by atoms with Gasteiger partial charge in [0.25, 0.3) is 11.5 Å². The van der Waals surface area contributed by atoms with Crippen LogP contribution in [0.25, 0.3) is 0 Å². The molecule has 1 aromatic heterocycles. The number of rotatable bonds is 4. The van der Waals surface area contributed by atoms with E-state index in [0.717, 1.165) is 18.7 Å². The molecule has 2 aromatic carbocycles. The molecule has 1 fully saturated rings. The maximum Gasteiger partial charge on any atom is 0.274 e. The van der Waals surface area contributed by atoms with Gasteiger partial charge in [-0.15, -0.1) is 0 Å². The van der Waals surface area contributed by atoms with Crippen molar-refractivity contribution >= 4 is 11.6 Å². The summed E-state index contributed by atoms with van der Waals surface area (Å²) in [6.07, 6.45) is 0. The number of carbonyl (C=O) groups is 1. The molecule has 0 N–H and O–H groups in total. The Kier molecular flexibility index (Phi) is 5.19. The molecule has 2 heterocycles. The van der Waals surface area contributed by atoms with Crippen LogP contribution in [-0.4, -0.2) is 46.8 Å². The number of hydrogen-bond donors (Lipinski definition) is 0. The zero-order chi connectivity index (χ0) is 19.3. The molecule has 1 aliphatic heterocycles. The smallest absolute Gasteiger partial charge is 0.274 e. The molecule has 1 saturated heterocycles. The Morgan fingerprint density at radius 2 is 1.46 bits per heavy atom. The summed E-state index contributed by atoms with van der Waals surface area (Å²) in [6.45, 7) is 3.17. The summed E-state index contributed by atoms with van der Waals surface area (Å²) in [6, 6.07) is 22.8. The number of para-hydroxylation sites is 1. The molecular formula is C22H22N4O2. The Morgan fingerprint density at radius 1 is 0.821 bits per heavy atom. The van der Waals surface area contributed by atoms with Crippen LogP contribution in [0, 0.1) is 0 Å². The van der Waals surface area contributed by atoms with Gasteiger partial charge in [0, 0.05) is 37.9 Å². The molecule has 6 heteroatoms. The van der Waals surface area contributed by atoms with Crippen LogP contribution >= 0.6 is 0 Å². The van der Waals surface area contributed by atoms with E-state index in [1.165, 1.54) is 22.5 Å². The van der Waals surface area contributed by atoms with Crippen LogP contribution < -0.4 is 10.5 Å². The highest BCUT2D eigenvalue weighted by atomic mass is 16.2. The van der Waals surface area contributed by atoms with Gasteiger partial charge in [0.1, 0.15) is 5.69 Å². The van der Waals surface area contributed by atoms with Crippen molar-refractivity contribution in [3.05, 3.63) is 94.4 Å². The summed E-state index contributed by atoms with van der Waals surface area (Å²) in [5.41, 5.74) is 2.24. The summed E-state index contributed by atoms with van der Waals surface area (Å²) in [5.74, 6) is -0.130. The third-order valence-corrected chi connectivity index (χ3v) is 4.95. The van der Waals surface area contributed by atoms with Gasteiger partial charge in [-0.25, -0.2) is 4.68 Å². The van der Waals surface area contributed by atoms with E-state index in [0.29, 0.717) is 25.3 Å². The number of amides is 1. The van der Waals surface area contributed by atoms with E-state index in [2.05, 4.69) is 22.1 Å². The SMILES string of the molecule is O=C(c1ccc(=O)n(Cc2ccccc2)n1)N1CCN(c2ccccc2)CC1. The highest BCUT2D eigenvalue weighted by Gasteiger charge is 2.23. The van der Waals surface area contributed by atoms with Crippen molar-refractivity contribution in [2.45, 2.75) is 6.54 Å². The second kappa shape index (κ2) is 8.08. The van der Waals surface area contributed by atoms with Crippen LogP contribution in [-0.2, 0) is 6.54 Å². The number of benzene rings is 2. The molecule has 0 spiro atoms. The lowest BCUT2D eigenvalue weighted by atomic mass is 10.2. The number of hydrogen-bond acceptors (Lipinski definition) is 4.